The highest BCUT2D eigenvalue weighted by Crippen LogP contribution is 2.28. The third-order valence-corrected chi connectivity index (χ3v) is 1.99. The van der Waals surface area contributed by atoms with Gasteiger partial charge in [0.2, 0.25) is 0 Å². The van der Waals surface area contributed by atoms with Crippen molar-refractivity contribution in [2.24, 2.45) is 15.6 Å². The molecule has 0 saturated heterocycles. The Labute approximate surface area is 95.1 Å². The molecule has 92 valence electrons. The molecule has 0 fully saturated rings. The first-order valence-corrected chi connectivity index (χ1v) is 4.41. The summed E-state index contributed by atoms with van der Waals surface area (Å²) in [6.07, 6.45) is -1.12. The zero-order valence-corrected chi connectivity index (χ0v) is 8.72. The molecule has 0 radical (unpaired) electrons. The summed E-state index contributed by atoms with van der Waals surface area (Å²) in [6.45, 7) is -0.720. The van der Waals surface area contributed by atoms with Crippen LogP contribution in [0.4, 0.5) is 0 Å². The number of azide groups is 2. The number of carboxylic acid groups (broad SMARTS) is 2. The van der Waals surface area contributed by atoms with Gasteiger partial charge in [-0.15, -0.1) is 0 Å². The van der Waals surface area contributed by atoms with E-state index in [1.807, 2.05) is 0 Å². The lowest BCUT2D eigenvalue weighted by molar-refractivity contribution is -0.143. The maximum absolute atomic E-state index is 10.7. The van der Waals surface area contributed by atoms with Gasteiger partial charge in [0.15, 0.2) is 0 Å². The van der Waals surface area contributed by atoms with E-state index in [1.54, 1.807) is 0 Å². The fourth-order valence-corrected chi connectivity index (χ4v) is 1.34. The number of nitrogens with zero attached hydrogens (tertiary/aromatic N) is 6. The maximum atomic E-state index is 10.7. The first kappa shape index (κ1) is 14.6. The van der Waals surface area contributed by atoms with Crippen LogP contribution < -0.4 is 0 Å². The second-order valence-corrected chi connectivity index (χ2v) is 3.42. The van der Waals surface area contributed by atoms with Crippen LogP contribution in [0.3, 0.4) is 0 Å². The molecular weight excluding hydrogens is 232 g/mol. The van der Waals surface area contributed by atoms with Crippen molar-refractivity contribution in [2.45, 2.75) is 12.8 Å². The van der Waals surface area contributed by atoms with Crippen LogP contribution >= 0.6 is 0 Å². The molecule has 0 atom stereocenters. The quantitative estimate of drug-likeness (QED) is 0.373. The van der Waals surface area contributed by atoms with E-state index in [-0.39, 0.29) is 13.1 Å². The first-order chi connectivity index (χ1) is 7.95. The molecule has 0 unspecified atom stereocenters. The van der Waals surface area contributed by atoms with Crippen LogP contribution in [0, 0.1) is 5.41 Å². The minimum absolute atomic E-state index is 0.360. The van der Waals surface area contributed by atoms with Gasteiger partial charge >= 0.3 is 11.9 Å². The van der Waals surface area contributed by atoms with Gasteiger partial charge in [-0.1, -0.05) is 10.2 Å². The zero-order chi connectivity index (χ0) is 13.3. The van der Waals surface area contributed by atoms with E-state index in [0.717, 1.165) is 0 Å². The number of carbonyl (C=O) groups is 2. The Morgan fingerprint density at radius 1 is 1.00 bits per heavy atom. The van der Waals surface area contributed by atoms with E-state index in [9.17, 15) is 9.59 Å². The second-order valence-electron chi connectivity index (χ2n) is 3.42. The van der Waals surface area contributed by atoms with E-state index >= 15 is 0 Å². The minimum Gasteiger partial charge on any atom is -0.481 e. The van der Waals surface area contributed by atoms with E-state index in [2.05, 4.69) is 20.1 Å². The van der Waals surface area contributed by atoms with Gasteiger partial charge in [-0.2, -0.15) is 0 Å². The van der Waals surface area contributed by atoms with Crippen LogP contribution in [0.25, 0.3) is 20.9 Å². The average molecular weight is 242 g/mol. The molecule has 0 heterocycles. The molecule has 0 bridgehead atoms. The highest BCUT2D eigenvalue weighted by Gasteiger charge is 2.34. The number of hydrogen-bond acceptors (Lipinski definition) is 4. The standard InChI is InChI=1S/C7H10N6O4/c8-12-10-3-7(1-5(14)15,2-6(16)17)4-11-13-9/h1-4H2,(H,14,15)(H,16,17). The normalized spacial score (nSPS) is 9.88. The van der Waals surface area contributed by atoms with Crippen LogP contribution in [-0.4, -0.2) is 35.2 Å². The number of rotatable bonds is 8. The fraction of sp³-hybridized carbons (Fsp3) is 0.714. The van der Waals surface area contributed by atoms with Crippen molar-refractivity contribution in [1.29, 1.82) is 0 Å². The minimum atomic E-state index is -1.39. The topological polar surface area (TPSA) is 172 Å². The third kappa shape index (κ3) is 5.88. The van der Waals surface area contributed by atoms with Crippen LogP contribution in [0.1, 0.15) is 12.8 Å². The van der Waals surface area contributed by atoms with E-state index in [0.29, 0.717) is 0 Å². The van der Waals surface area contributed by atoms with Crippen molar-refractivity contribution >= 4 is 11.9 Å². The molecule has 0 saturated carbocycles. The smallest absolute Gasteiger partial charge is 0.303 e. The van der Waals surface area contributed by atoms with E-state index < -0.39 is 30.2 Å². The number of hydrogen-bond donors (Lipinski definition) is 2. The summed E-state index contributed by atoms with van der Waals surface area (Å²) >= 11 is 0. The van der Waals surface area contributed by atoms with Gasteiger partial charge in [-0.05, 0) is 11.1 Å². The van der Waals surface area contributed by atoms with Crippen molar-refractivity contribution in [1.82, 2.24) is 0 Å². The van der Waals surface area contributed by atoms with Gasteiger partial charge < -0.3 is 10.2 Å². The Morgan fingerprint density at radius 2 is 1.35 bits per heavy atom. The highest BCUT2D eigenvalue weighted by atomic mass is 16.4. The molecule has 10 nitrogen and oxygen atoms in total. The maximum Gasteiger partial charge on any atom is 0.303 e. The van der Waals surface area contributed by atoms with Crippen molar-refractivity contribution in [3.05, 3.63) is 20.9 Å². The summed E-state index contributed by atoms with van der Waals surface area (Å²) in [5, 5.41) is 23.7. The molecule has 0 aromatic carbocycles. The number of carboxylic acids is 2. The molecule has 0 rings (SSSR count). The Balaban J connectivity index is 5.14. The molecule has 10 heteroatoms. The van der Waals surface area contributed by atoms with Crippen LogP contribution in [0.5, 0.6) is 0 Å². The lowest BCUT2D eigenvalue weighted by atomic mass is 9.81. The number of aliphatic carboxylic acids is 2. The molecule has 0 aliphatic carbocycles. The van der Waals surface area contributed by atoms with Crippen molar-refractivity contribution in [3.8, 4) is 0 Å². The first-order valence-electron chi connectivity index (χ1n) is 4.41. The molecule has 2 N–H and O–H groups in total. The molecule has 0 aromatic rings. The van der Waals surface area contributed by atoms with Gasteiger partial charge in [-0.25, -0.2) is 0 Å². The predicted octanol–water partition coefficient (Wildman–Crippen LogP) is 1.54. The van der Waals surface area contributed by atoms with E-state index in [1.165, 1.54) is 0 Å². The van der Waals surface area contributed by atoms with Gasteiger partial charge in [0.05, 0.1) is 12.8 Å². The van der Waals surface area contributed by atoms with Gasteiger partial charge in [-0.3, -0.25) is 9.59 Å². The van der Waals surface area contributed by atoms with E-state index in [4.69, 9.17) is 21.3 Å². The summed E-state index contributed by atoms with van der Waals surface area (Å²) in [4.78, 5) is 26.2. The monoisotopic (exact) mass is 242 g/mol. The van der Waals surface area contributed by atoms with Gasteiger partial charge in [0, 0.05) is 28.3 Å². The Morgan fingerprint density at radius 3 is 1.59 bits per heavy atom. The van der Waals surface area contributed by atoms with Crippen LogP contribution in [-0.2, 0) is 9.59 Å². The summed E-state index contributed by atoms with van der Waals surface area (Å²) in [7, 11) is 0. The Hall–Kier alpha value is -2.44. The van der Waals surface area contributed by atoms with Gasteiger partial charge in [0.25, 0.3) is 0 Å². The zero-order valence-electron chi connectivity index (χ0n) is 8.72. The predicted molar refractivity (Wildman–Crippen MR) is 55.0 cm³/mol. The fourth-order valence-electron chi connectivity index (χ4n) is 1.34. The van der Waals surface area contributed by atoms with Crippen molar-refractivity contribution in [3.63, 3.8) is 0 Å². The summed E-state index contributed by atoms with van der Waals surface area (Å²) in [5.41, 5.74) is 15.0. The Kier molecular flexibility index (Phi) is 5.94. The Bertz CT molecular complexity index is 346. The molecule has 0 aliphatic heterocycles. The third-order valence-electron chi connectivity index (χ3n) is 1.99. The van der Waals surface area contributed by atoms with Crippen LogP contribution in [0.2, 0.25) is 0 Å². The molecular formula is C7H10N6O4. The lowest BCUT2D eigenvalue weighted by Crippen LogP contribution is -2.33. The lowest BCUT2D eigenvalue weighted by Gasteiger charge is -2.26. The highest BCUT2D eigenvalue weighted by molar-refractivity contribution is 5.72. The second kappa shape index (κ2) is 6.94. The summed E-state index contributed by atoms with van der Waals surface area (Å²) in [6, 6.07) is 0. The van der Waals surface area contributed by atoms with Crippen molar-refractivity contribution in [2.75, 3.05) is 13.1 Å². The largest absolute Gasteiger partial charge is 0.481 e. The average Bonchev–Trinajstić information content (AvgIpc) is 2.22. The molecule has 0 aromatic heterocycles. The summed E-state index contributed by atoms with van der Waals surface area (Å²) < 4.78 is 0. The SMILES string of the molecule is [N-]=[N+]=NCC(CN=[N+]=[N-])(CC(=O)O)CC(=O)O. The van der Waals surface area contributed by atoms with Gasteiger partial charge in [0.1, 0.15) is 0 Å². The van der Waals surface area contributed by atoms with Crippen molar-refractivity contribution < 1.29 is 19.8 Å². The molecule has 17 heavy (non-hydrogen) atoms. The van der Waals surface area contributed by atoms with Crippen LogP contribution in [0.15, 0.2) is 10.2 Å². The molecule has 0 amide bonds. The summed E-state index contributed by atoms with van der Waals surface area (Å²) in [5.74, 6) is -2.51. The molecule has 0 aliphatic rings. The molecule has 0 spiro atoms.